The molecule has 0 unspecified atom stereocenters. The molecule has 74 valence electrons. The predicted octanol–water partition coefficient (Wildman–Crippen LogP) is 2.53. The Morgan fingerprint density at radius 3 is 2.69 bits per heavy atom. The maximum Gasteiger partial charge on any atom is 0.0500 e. The molecule has 0 aromatic carbocycles. The smallest absolute Gasteiger partial charge is 0.0500 e. The van der Waals surface area contributed by atoms with Gasteiger partial charge in [-0.2, -0.15) is 0 Å². The quantitative estimate of drug-likeness (QED) is 0.881. The molecule has 3 N–H and O–H groups in total. The number of aliphatic hydroxyl groups is 1. The standard InChI is InChI=1S/C9H14BrNOS/c1-9(2,5-12)8(11)7-6(10)3-4-13-7/h3-4,8,12H,5,11H2,1-2H3/t8-/m0/s1. The molecule has 1 aromatic heterocycles. The Hall–Kier alpha value is 0.100. The first-order chi connectivity index (χ1) is 5.99. The van der Waals surface area contributed by atoms with Gasteiger partial charge in [0, 0.05) is 20.8 Å². The Morgan fingerprint density at radius 1 is 1.69 bits per heavy atom. The van der Waals surface area contributed by atoms with E-state index in [4.69, 9.17) is 10.8 Å². The van der Waals surface area contributed by atoms with Gasteiger partial charge in [0.1, 0.15) is 0 Å². The lowest BCUT2D eigenvalue weighted by Gasteiger charge is -2.28. The van der Waals surface area contributed by atoms with Crippen molar-refractivity contribution in [1.29, 1.82) is 0 Å². The molecule has 0 aliphatic rings. The maximum absolute atomic E-state index is 9.16. The van der Waals surface area contributed by atoms with Crippen LogP contribution in [0.2, 0.25) is 0 Å². The van der Waals surface area contributed by atoms with Crippen LogP contribution in [0.4, 0.5) is 0 Å². The van der Waals surface area contributed by atoms with E-state index in [2.05, 4.69) is 15.9 Å². The Bertz CT molecular complexity index is 285. The van der Waals surface area contributed by atoms with Gasteiger partial charge in [0.25, 0.3) is 0 Å². The molecular weight excluding hydrogens is 250 g/mol. The molecule has 0 radical (unpaired) electrons. The minimum atomic E-state index is -0.270. The molecule has 4 heteroatoms. The van der Waals surface area contributed by atoms with Crippen molar-refractivity contribution >= 4 is 27.3 Å². The van der Waals surface area contributed by atoms with Gasteiger partial charge in [-0.3, -0.25) is 0 Å². The van der Waals surface area contributed by atoms with Crippen molar-refractivity contribution < 1.29 is 5.11 Å². The molecule has 0 saturated carbocycles. The molecule has 0 aliphatic carbocycles. The number of halogens is 1. The molecule has 0 spiro atoms. The molecule has 0 saturated heterocycles. The zero-order valence-electron chi connectivity index (χ0n) is 7.75. The van der Waals surface area contributed by atoms with Crippen LogP contribution in [-0.2, 0) is 0 Å². The van der Waals surface area contributed by atoms with Crippen LogP contribution in [0.15, 0.2) is 15.9 Å². The van der Waals surface area contributed by atoms with Crippen LogP contribution >= 0.6 is 27.3 Å². The minimum Gasteiger partial charge on any atom is -0.396 e. The lowest BCUT2D eigenvalue weighted by atomic mass is 9.85. The van der Waals surface area contributed by atoms with Gasteiger partial charge in [0.2, 0.25) is 0 Å². The average molecular weight is 264 g/mol. The van der Waals surface area contributed by atoms with E-state index in [1.165, 1.54) is 0 Å². The summed E-state index contributed by atoms with van der Waals surface area (Å²) in [4.78, 5) is 1.10. The topological polar surface area (TPSA) is 46.2 Å². The summed E-state index contributed by atoms with van der Waals surface area (Å²) in [6.07, 6.45) is 0. The molecule has 13 heavy (non-hydrogen) atoms. The third-order valence-corrected chi connectivity index (χ3v) is 4.13. The zero-order valence-corrected chi connectivity index (χ0v) is 10.2. The molecule has 0 fully saturated rings. The molecule has 1 aromatic rings. The zero-order chi connectivity index (χ0) is 10.1. The second kappa shape index (κ2) is 4.09. The van der Waals surface area contributed by atoms with Gasteiger partial charge in [-0.05, 0) is 27.4 Å². The summed E-state index contributed by atoms with van der Waals surface area (Å²) in [6.45, 7) is 4.02. The molecule has 1 atom stereocenters. The van der Waals surface area contributed by atoms with Crippen molar-refractivity contribution in [3.63, 3.8) is 0 Å². The number of hydrogen-bond donors (Lipinski definition) is 2. The van der Waals surface area contributed by atoms with E-state index in [0.29, 0.717) is 0 Å². The van der Waals surface area contributed by atoms with E-state index >= 15 is 0 Å². The number of rotatable bonds is 3. The third kappa shape index (κ3) is 2.31. The van der Waals surface area contributed by atoms with E-state index in [1.54, 1.807) is 11.3 Å². The predicted molar refractivity (Wildman–Crippen MR) is 59.8 cm³/mol. The van der Waals surface area contributed by atoms with E-state index in [-0.39, 0.29) is 18.1 Å². The summed E-state index contributed by atoms with van der Waals surface area (Å²) in [5.74, 6) is 0. The van der Waals surface area contributed by atoms with Crippen LogP contribution in [-0.4, -0.2) is 11.7 Å². The number of aliphatic hydroxyl groups excluding tert-OH is 1. The minimum absolute atomic E-state index is 0.0957. The number of hydrogen-bond acceptors (Lipinski definition) is 3. The Balaban J connectivity index is 2.91. The van der Waals surface area contributed by atoms with Gasteiger partial charge in [-0.15, -0.1) is 11.3 Å². The van der Waals surface area contributed by atoms with Gasteiger partial charge < -0.3 is 10.8 Å². The summed E-state index contributed by atoms with van der Waals surface area (Å²) in [5.41, 5.74) is 5.78. The second-order valence-corrected chi connectivity index (χ2v) is 5.56. The molecule has 1 heterocycles. The Morgan fingerprint density at radius 2 is 2.31 bits per heavy atom. The molecule has 0 amide bonds. The van der Waals surface area contributed by atoms with E-state index in [0.717, 1.165) is 9.35 Å². The van der Waals surface area contributed by atoms with E-state index < -0.39 is 0 Å². The number of nitrogens with two attached hydrogens (primary N) is 1. The molecule has 0 bridgehead atoms. The fourth-order valence-electron chi connectivity index (χ4n) is 0.981. The third-order valence-electron chi connectivity index (χ3n) is 2.18. The highest BCUT2D eigenvalue weighted by Crippen LogP contribution is 2.37. The fraction of sp³-hybridized carbons (Fsp3) is 0.556. The van der Waals surface area contributed by atoms with Crippen LogP contribution in [0.3, 0.4) is 0 Å². The van der Waals surface area contributed by atoms with Crippen molar-refractivity contribution in [2.75, 3.05) is 6.61 Å². The van der Waals surface area contributed by atoms with Crippen LogP contribution < -0.4 is 5.73 Å². The van der Waals surface area contributed by atoms with Gasteiger partial charge >= 0.3 is 0 Å². The van der Waals surface area contributed by atoms with E-state index in [9.17, 15) is 0 Å². The Labute approximate surface area is 90.9 Å². The summed E-state index contributed by atoms with van der Waals surface area (Å²) in [6, 6.07) is 1.86. The summed E-state index contributed by atoms with van der Waals surface area (Å²) >= 11 is 5.05. The van der Waals surface area contributed by atoms with Gasteiger partial charge in [-0.1, -0.05) is 13.8 Å². The lowest BCUT2D eigenvalue weighted by Crippen LogP contribution is -2.31. The monoisotopic (exact) mass is 263 g/mol. The summed E-state index contributed by atoms with van der Waals surface area (Å²) < 4.78 is 1.03. The summed E-state index contributed by atoms with van der Waals surface area (Å²) in [7, 11) is 0. The average Bonchev–Trinajstić information content (AvgIpc) is 2.50. The van der Waals surface area contributed by atoms with Gasteiger partial charge in [0.15, 0.2) is 0 Å². The second-order valence-electron chi connectivity index (χ2n) is 3.76. The molecule has 1 rings (SSSR count). The van der Waals surface area contributed by atoms with Crippen LogP contribution in [0.5, 0.6) is 0 Å². The highest BCUT2D eigenvalue weighted by atomic mass is 79.9. The van der Waals surface area contributed by atoms with Gasteiger partial charge in [-0.25, -0.2) is 0 Å². The largest absolute Gasteiger partial charge is 0.396 e. The fourth-order valence-corrected chi connectivity index (χ4v) is 2.81. The first-order valence-electron chi connectivity index (χ1n) is 4.08. The van der Waals surface area contributed by atoms with E-state index in [1.807, 2.05) is 25.3 Å². The van der Waals surface area contributed by atoms with Crippen molar-refractivity contribution in [1.82, 2.24) is 0 Å². The molecule has 2 nitrogen and oxygen atoms in total. The highest BCUT2D eigenvalue weighted by molar-refractivity contribution is 9.10. The van der Waals surface area contributed by atoms with Crippen LogP contribution in [0, 0.1) is 5.41 Å². The SMILES string of the molecule is CC(C)(CO)[C@@H](N)c1sccc1Br. The highest BCUT2D eigenvalue weighted by Gasteiger charge is 2.28. The first-order valence-corrected chi connectivity index (χ1v) is 5.75. The lowest BCUT2D eigenvalue weighted by molar-refractivity contribution is 0.133. The van der Waals surface area contributed by atoms with Crippen LogP contribution in [0.25, 0.3) is 0 Å². The molecular formula is C9H14BrNOS. The van der Waals surface area contributed by atoms with Crippen molar-refractivity contribution in [2.45, 2.75) is 19.9 Å². The Kier molecular flexibility index (Phi) is 3.51. The number of thiophene rings is 1. The van der Waals surface area contributed by atoms with Gasteiger partial charge in [0.05, 0.1) is 6.61 Å². The van der Waals surface area contributed by atoms with Crippen LogP contribution in [0.1, 0.15) is 24.8 Å². The normalized spacial score (nSPS) is 14.5. The first kappa shape index (κ1) is 11.2. The van der Waals surface area contributed by atoms with Crippen molar-refractivity contribution in [3.05, 3.63) is 20.8 Å². The van der Waals surface area contributed by atoms with Crippen molar-refractivity contribution in [3.8, 4) is 0 Å². The molecule has 0 aliphatic heterocycles. The maximum atomic E-state index is 9.16. The van der Waals surface area contributed by atoms with Crippen molar-refractivity contribution in [2.24, 2.45) is 11.1 Å². The summed E-state index contributed by atoms with van der Waals surface area (Å²) in [5, 5.41) is 11.2.